The lowest BCUT2D eigenvalue weighted by atomic mass is 9.94. The van der Waals surface area contributed by atoms with Crippen molar-refractivity contribution in [2.45, 2.75) is 18.8 Å². The number of H-pyrrole nitrogens is 1. The third-order valence-corrected chi connectivity index (χ3v) is 4.10. The van der Waals surface area contributed by atoms with Crippen LogP contribution in [0.15, 0.2) is 41.3 Å². The van der Waals surface area contributed by atoms with E-state index in [0.29, 0.717) is 13.1 Å². The van der Waals surface area contributed by atoms with E-state index in [1.54, 1.807) is 23.1 Å². The zero-order chi connectivity index (χ0) is 16.9. The molecule has 1 fully saturated rings. The minimum absolute atomic E-state index is 0.0619. The van der Waals surface area contributed by atoms with Gasteiger partial charge in [-0.3, -0.25) is 4.79 Å². The highest BCUT2D eigenvalue weighted by atomic mass is 19.1. The third-order valence-electron chi connectivity index (χ3n) is 4.10. The van der Waals surface area contributed by atoms with Gasteiger partial charge < -0.3 is 14.6 Å². The summed E-state index contributed by atoms with van der Waals surface area (Å²) in [5.74, 6) is -0.555. The molecular formula is C17H18FN3O3. The molecule has 1 aliphatic heterocycles. The predicted octanol–water partition coefficient (Wildman–Crippen LogP) is 1.69. The van der Waals surface area contributed by atoms with Gasteiger partial charge in [0.05, 0.1) is 0 Å². The highest BCUT2D eigenvalue weighted by Crippen LogP contribution is 2.25. The van der Waals surface area contributed by atoms with Crippen LogP contribution >= 0.6 is 0 Å². The Labute approximate surface area is 138 Å². The summed E-state index contributed by atoms with van der Waals surface area (Å²) >= 11 is 0. The number of para-hydroxylation sites is 1. The van der Waals surface area contributed by atoms with Crippen molar-refractivity contribution >= 4 is 5.91 Å². The number of hydrogen-bond donors (Lipinski definition) is 1. The van der Waals surface area contributed by atoms with Crippen LogP contribution in [0.3, 0.4) is 0 Å². The molecule has 1 aromatic carbocycles. The normalized spacial score (nSPS) is 17.5. The van der Waals surface area contributed by atoms with Crippen LogP contribution < -0.4 is 10.4 Å². The minimum atomic E-state index is -0.490. The first-order valence-electron chi connectivity index (χ1n) is 7.84. The van der Waals surface area contributed by atoms with Crippen molar-refractivity contribution in [2.75, 3.05) is 19.7 Å². The van der Waals surface area contributed by atoms with E-state index in [1.807, 2.05) is 0 Å². The van der Waals surface area contributed by atoms with Gasteiger partial charge in [0, 0.05) is 30.9 Å². The first-order chi connectivity index (χ1) is 11.6. The number of halogens is 1. The molecule has 1 aromatic heterocycles. The third kappa shape index (κ3) is 3.79. The molecule has 0 bridgehead atoms. The lowest BCUT2D eigenvalue weighted by Gasteiger charge is -2.32. The topological polar surface area (TPSA) is 75.3 Å². The van der Waals surface area contributed by atoms with Crippen LogP contribution in [0.1, 0.15) is 24.5 Å². The van der Waals surface area contributed by atoms with E-state index in [-0.39, 0.29) is 29.9 Å². The van der Waals surface area contributed by atoms with Gasteiger partial charge in [0.15, 0.2) is 18.2 Å². The molecule has 126 valence electrons. The Bertz CT molecular complexity index is 777. The van der Waals surface area contributed by atoms with Crippen LogP contribution in [0.2, 0.25) is 0 Å². The van der Waals surface area contributed by atoms with Crippen LogP contribution in [0.25, 0.3) is 0 Å². The molecule has 0 radical (unpaired) electrons. The SMILES string of the molecule is O=C(COc1ccccc1F)N1CCC[C@H](c2ccnc(=O)[nH]2)C1. The Morgan fingerprint density at radius 1 is 1.38 bits per heavy atom. The number of hydrogen-bond acceptors (Lipinski definition) is 4. The van der Waals surface area contributed by atoms with E-state index in [1.165, 1.54) is 18.3 Å². The molecule has 2 aromatic rings. The number of benzene rings is 1. The van der Waals surface area contributed by atoms with Crippen molar-refractivity contribution in [3.63, 3.8) is 0 Å². The van der Waals surface area contributed by atoms with Crippen molar-refractivity contribution in [2.24, 2.45) is 0 Å². The Morgan fingerprint density at radius 2 is 2.21 bits per heavy atom. The van der Waals surface area contributed by atoms with Crippen LogP contribution in [0.4, 0.5) is 4.39 Å². The number of ether oxygens (including phenoxy) is 1. The maximum Gasteiger partial charge on any atom is 0.345 e. The molecule has 24 heavy (non-hydrogen) atoms. The number of nitrogens with one attached hydrogen (secondary N) is 1. The summed E-state index contributed by atoms with van der Waals surface area (Å²) in [6.45, 7) is 0.922. The standard InChI is InChI=1S/C17H18FN3O3/c18-13-5-1-2-6-15(13)24-11-16(22)21-9-3-4-12(10-21)14-7-8-19-17(23)20-14/h1-2,5-8,12H,3-4,9-11H2,(H,19,20,23)/t12-/m0/s1. The Morgan fingerprint density at radius 3 is 3.00 bits per heavy atom. The molecule has 6 nitrogen and oxygen atoms in total. The second-order valence-electron chi connectivity index (χ2n) is 5.73. The summed E-state index contributed by atoms with van der Waals surface area (Å²) in [7, 11) is 0. The van der Waals surface area contributed by atoms with Gasteiger partial charge in [-0.1, -0.05) is 12.1 Å². The van der Waals surface area contributed by atoms with Crippen molar-refractivity contribution in [3.05, 3.63) is 58.5 Å². The fraction of sp³-hybridized carbons (Fsp3) is 0.353. The number of nitrogens with zero attached hydrogens (tertiary/aromatic N) is 2. The van der Waals surface area contributed by atoms with E-state index in [2.05, 4.69) is 9.97 Å². The molecule has 0 unspecified atom stereocenters. The van der Waals surface area contributed by atoms with E-state index < -0.39 is 5.82 Å². The van der Waals surface area contributed by atoms with Crippen LogP contribution in [-0.4, -0.2) is 40.5 Å². The van der Waals surface area contributed by atoms with Gasteiger partial charge in [-0.05, 0) is 31.0 Å². The number of rotatable bonds is 4. The summed E-state index contributed by atoms with van der Waals surface area (Å²) in [6.07, 6.45) is 3.19. The largest absolute Gasteiger partial charge is 0.481 e. The van der Waals surface area contributed by atoms with E-state index in [4.69, 9.17) is 4.74 Å². The fourth-order valence-electron chi connectivity index (χ4n) is 2.87. The summed E-state index contributed by atoms with van der Waals surface area (Å²) in [4.78, 5) is 31.7. The number of carbonyl (C=O) groups is 1. The van der Waals surface area contributed by atoms with Gasteiger partial charge in [-0.25, -0.2) is 14.2 Å². The number of piperidine rings is 1. The van der Waals surface area contributed by atoms with Gasteiger partial charge in [-0.2, -0.15) is 0 Å². The summed E-state index contributed by atoms with van der Waals surface area (Å²) in [5.41, 5.74) is 0.390. The van der Waals surface area contributed by atoms with Crippen molar-refractivity contribution in [3.8, 4) is 5.75 Å². The quantitative estimate of drug-likeness (QED) is 0.925. The molecule has 1 N–H and O–H groups in total. The van der Waals surface area contributed by atoms with Crippen molar-refractivity contribution in [1.82, 2.24) is 14.9 Å². The molecule has 1 amide bonds. The maximum absolute atomic E-state index is 13.5. The van der Waals surface area contributed by atoms with Crippen LogP contribution in [0.5, 0.6) is 5.75 Å². The summed E-state index contributed by atoms with van der Waals surface area (Å²) < 4.78 is 18.8. The average Bonchev–Trinajstić information content (AvgIpc) is 2.61. The molecule has 1 atom stereocenters. The number of carbonyl (C=O) groups excluding carboxylic acids is 1. The lowest BCUT2D eigenvalue weighted by molar-refractivity contribution is -0.134. The van der Waals surface area contributed by atoms with E-state index in [9.17, 15) is 14.0 Å². The van der Waals surface area contributed by atoms with Crippen molar-refractivity contribution < 1.29 is 13.9 Å². The molecule has 0 saturated carbocycles. The van der Waals surface area contributed by atoms with E-state index in [0.717, 1.165) is 18.5 Å². The Kier molecular flexibility index (Phi) is 4.88. The summed E-state index contributed by atoms with van der Waals surface area (Å²) in [6, 6.07) is 7.75. The molecule has 7 heteroatoms. The molecule has 0 aliphatic carbocycles. The number of amides is 1. The molecular weight excluding hydrogens is 313 g/mol. The highest BCUT2D eigenvalue weighted by molar-refractivity contribution is 5.78. The highest BCUT2D eigenvalue weighted by Gasteiger charge is 2.25. The lowest BCUT2D eigenvalue weighted by Crippen LogP contribution is -2.42. The van der Waals surface area contributed by atoms with Gasteiger partial charge in [-0.15, -0.1) is 0 Å². The number of likely N-dealkylation sites (tertiary alicyclic amines) is 1. The molecule has 0 spiro atoms. The maximum atomic E-state index is 13.5. The average molecular weight is 331 g/mol. The smallest absolute Gasteiger partial charge is 0.345 e. The molecule has 1 saturated heterocycles. The Balaban J connectivity index is 1.61. The molecule has 1 aliphatic rings. The fourth-order valence-corrected chi connectivity index (χ4v) is 2.87. The van der Waals surface area contributed by atoms with Crippen LogP contribution in [-0.2, 0) is 4.79 Å². The van der Waals surface area contributed by atoms with E-state index >= 15 is 0 Å². The monoisotopic (exact) mass is 331 g/mol. The summed E-state index contributed by atoms with van der Waals surface area (Å²) in [5, 5.41) is 0. The zero-order valence-electron chi connectivity index (χ0n) is 13.1. The zero-order valence-corrected chi connectivity index (χ0v) is 13.1. The van der Waals surface area contributed by atoms with Gasteiger partial charge in [0.25, 0.3) is 5.91 Å². The predicted molar refractivity (Wildman–Crippen MR) is 85.3 cm³/mol. The van der Waals surface area contributed by atoms with Crippen LogP contribution in [0, 0.1) is 5.82 Å². The number of aromatic amines is 1. The molecule has 3 rings (SSSR count). The van der Waals surface area contributed by atoms with Gasteiger partial charge >= 0.3 is 5.69 Å². The minimum Gasteiger partial charge on any atom is -0.481 e. The first-order valence-corrected chi connectivity index (χ1v) is 7.84. The van der Waals surface area contributed by atoms with Gasteiger partial charge in [0.1, 0.15) is 0 Å². The van der Waals surface area contributed by atoms with Gasteiger partial charge in [0.2, 0.25) is 0 Å². The molecule has 2 heterocycles. The number of aromatic nitrogens is 2. The first kappa shape index (κ1) is 16.2. The Hall–Kier alpha value is -2.70. The second kappa shape index (κ2) is 7.25. The van der Waals surface area contributed by atoms with Crippen molar-refractivity contribution in [1.29, 1.82) is 0 Å². The second-order valence-corrected chi connectivity index (χ2v) is 5.73.